The second kappa shape index (κ2) is 23.0. The number of carbonyl (C=O) groups excluding carboxylic acids is 6. The van der Waals surface area contributed by atoms with Gasteiger partial charge in [-0.1, -0.05) is 0 Å². The Labute approximate surface area is 279 Å². The van der Waals surface area contributed by atoms with Crippen molar-refractivity contribution in [3.05, 3.63) is 0 Å². The number of rotatable bonds is 24. The minimum absolute atomic E-state index is 0.118. The SMILES string of the molecule is CC(N)C(=O)NC(CCC(=O)O)C(=O)NC(C)C(=O)NC(CCCCN)C(=O)NC(C)C(=O)NC(CCCCN)C(=O)NC(C)C(=O)O. The van der Waals surface area contributed by atoms with Gasteiger partial charge in [0, 0.05) is 6.42 Å². The van der Waals surface area contributed by atoms with Gasteiger partial charge in [-0.15, -0.1) is 0 Å². The molecular weight excluding hydrogens is 634 g/mol. The monoisotopic (exact) mass is 687 g/mol. The zero-order valence-corrected chi connectivity index (χ0v) is 28.0. The van der Waals surface area contributed by atoms with Crippen LogP contribution in [0.4, 0.5) is 0 Å². The van der Waals surface area contributed by atoms with Crippen molar-refractivity contribution in [2.75, 3.05) is 13.1 Å². The molecule has 0 aromatic carbocycles. The Kier molecular flexibility index (Phi) is 21.0. The van der Waals surface area contributed by atoms with Crippen LogP contribution in [0, 0.1) is 0 Å². The fourth-order valence-corrected chi connectivity index (χ4v) is 4.09. The summed E-state index contributed by atoms with van der Waals surface area (Å²) in [6, 6.07) is -8.18. The first-order valence-electron chi connectivity index (χ1n) is 15.9. The first kappa shape index (κ1) is 43.6. The predicted molar refractivity (Wildman–Crippen MR) is 173 cm³/mol. The summed E-state index contributed by atoms with van der Waals surface area (Å²) in [4.78, 5) is 99.1. The molecule has 14 N–H and O–H groups in total. The largest absolute Gasteiger partial charge is 0.481 e. The molecule has 0 aliphatic carbocycles. The standard InChI is InChI=1S/C29H53N9O10/c1-15(32)23(41)36-21(11-12-22(39)40)28(46)34-17(3)25(43)37-19(9-5-7-13-30)26(44)33-16(2)24(42)38-20(10-6-8-14-31)27(45)35-18(4)29(47)48/h15-21H,5-14,30-32H2,1-4H3,(H,33,44)(H,34,46)(H,35,45)(H,36,41)(H,37,43)(H,38,42)(H,39,40)(H,47,48). The summed E-state index contributed by atoms with van der Waals surface area (Å²) < 4.78 is 0. The number of amides is 6. The van der Waals surface area contributed by atoms with Crippen molar-refractivity contribution in [2.45, 2.75) is 121 Å². The third-order valence-corrected chi connectivity index (χ3v) is 7.09. The van der Waals surface area contributed by atoms with E-state index in [9.17, 15) is 38.4 Å². The maximum atomic E-state index is 13.2. The van der Waals surface area contributed by atoms with Crippen molar-refractivity contribution in [2.24, 2.45) is 17.2 Å². The third kappa shape index (κ3) is 17.5. The Morgan fingerprint density at radius 2 is 0.854 bits per heavy atom. The van der Waals surface area contributed by atoms with E-state index >= 15 is 0 Å². The molecule has 0 aliphatic heterocycles. The van der Waals surface area contributed by atoms with Crippen molar-refractivity contribution in [3.8, 4) is 0 Å². The summed E-state index contributed by atoms with van der Waals surface area (Å²) in [5.41, 5.74) is 16.6. The summed E-state index contributed by atoms with van der Waals surface area (Å²) in [6.45, 7) is 5.98. The highest BCUT2D eigenvalue weighted by molar-refractivity contribution is 5.96. The maximum Gasteiger partial charge on any atom is 0.325 e. The van der Waals surface area contributed by atoms with E-state index in [1.807, 2.05) is 0 Å². The number of carboxylic acid groups (broad SMARTS) is 2. The molecule has 7 unspecified atom stereocenters. The molecule has 48 heavy (non-hydrogen) atoms. The Balaban J connectivity index is 5.62. The van der Waals surface area contributed by atoms with Crippen molar-refractivity contribution in [1.82, 2.24) is 31.9 Å². The first-order chi connectivity index (χ1) is 22.4. The van der Waals surface area contributed by atoms with Crippen LogP contribution in [-0.4, -0.2) is 113 Å². The number of nitrogens with two attached hydrogens (primary N) is 3. The topological polar surface area (TPSA) is 327 Å². The summed E-state index contributed by atoms with van der Waals surface area (Å²) in [5.74, 6) is -7.01. The first-order valence-corrected chi connectivity index (χ1v) is 15.9. The van der Waals surface area contributed by atoms with Gasteiger partial charge >= 0.3 is 11.9 Å². The van der Waals surface area contributed by atoms with Gasteiger partial charge < -0.3 is 59.3 Å². The fourth-order valence-electron chi connectivity index (χ4n) is 4.09. The molecule has 0 bridgehead atoms. The summed E-state index contributed by atoms with van der Waals surface area (Å²) in [7, 11) is 0. The van der Waals surface area contributed by atoms with Crippen LogP contribution >= 0.6 is 0 Å². The van der Waals surface area contributed by atoms with Crippen molar-refractivity contribution >= 4 is 47.4 Å². The number of unbranched alkanes of at least 4 members (excludes halogenated alkanes) is 2. The molecule has 0 fully saturated rings. The molecule has 7 atom stereocenters. The molecular formula is C29H53N9O10. The quantitative estimate of drug-likeness (QED) is 0.0440. The molecule has 0 heterocycles. The molecule has 19 nitrogen and oxygen atoms in total. The van der Waals surface area contributed by atoms with Crippen LogP contribution in [0.1, 0.15) is 79.1 Å². The number of hydrogen-bond acceptors (Lipinski definition) is 11. The molecule has 0 radical (unpaired) electrons. The van der Waals surface area contributed by atoms with E-state index in [1.165, 1.54) is 27.7 Å². The lowest BCUT2D eigenvalue weighted by Crippen LogP contribution is -2.58. The number of carbonyl (C=O) groups is 8. The van der Waals surface area contributed by atoms with E-state index in [0.29, 0.717) is 38.8 Å². The molecule has 0 aromatic heterocycles. The minimum atomic E-state index is -1.30. The lowest BCUT2D eigenvalue weighted by molar-refractivity contribution is -0.142. The van der Waals surface area contributed by atoms with E-state index in [2.05, 4.69) is 31.9 Å². The summed E-state index contributed by atoms with van der Waals surface area (Å²) >= 11 is 0. The summed E-state index contributed by atoms with van der Waals surface area (Å²) in [5, 5.41) is 32.7. The second-order valence-corrected chi connectivity index (χ2v) is 11.5. The highest BCUT2D eigenvalue weighted by atomic mass is 16.4. The van der Waals surface area contributed by atoms with Crippen LogP contribution in [0.2, 0.25) is 0 Å². The molecule has 274 valence electrons. The number of aliphatic carboxylic acids is 2. The van der Waals surface area contributed by atoms with E-state index in [0.717, 1.165) is 0 Å². The van der Waals surface area contributed by atoms with E-state index in [1.54, 1.807) is 0 Å². The molecule has 0 aromatic rings. The second-order valence-electron chi connectivity index (χ2n) is 11.5. The maximum absolute atomic E-state index is 13.2. The average molecular weight is 688 g/mol. The van der Waals surface area contributed by atoms with Gasteiger partial charge in [0.2, 0.25) is 35.4 Å². The molecule has 19 heteroatoms. The highest BCUT2D eigenvalue weighted by Crippen LogP contribution is 2.06. The Hall–Kier alpha value is -4.36. The molecule has 0 saturated heterocycles. The molecule has 0 saturated carbocycles. The zero-order valence-electron chi connectivity index (χ0n) is 28.0. The van der Waals surface area contributed by atoms with E-state index < -0.39 is 96.1 Å². The minimum Gasteiger partial charge on any atom is -0.481 e. The van der Waals surface area contributed by atoms with Crippen LogP contribution < -0.4 is 49.1 Å². The molecule has 0 rings (SSSR count). The van der Waals surface area contributed by atoms with Crippen molar-refractivity contribution < 1.29 is 48.6 Å². The number of carboxylic acids is 2. The van der Waals surface area contributed by atoms with E-state index in [-0.39, 0.29) is 19.3 Å². The van der Waals surface area contributed by atoms with Gasteiger partial charge in [-0.2, -0.15) is 0 Å². The van der Waals surface area contributed by atoms with Crippen molar-refractivity contribution in [1.29, 1.82) is 0 Å². The van der Waals surface area contributed by atoms with Crippen LogP contribution in [-0.2, 0) is 38.4 Å². The number of nitrogens with one attached hydrogen (secondary N) is 6. The highest BCUT2D eigenvalue weighted by Gasteiger charge is 2.31. The lowest BCUT2D eigenvalue weighted by atomic mass is 10.1. The number of hydrogen-bond donors (Lipinski definition) is 11. The smallest absolute Gasteiger partial charge is 0.325 e. The Morgan fingerprint density at radius 1 is 0.500 bits per heavy atom. The summed E-state index contributed by atoms with van der Waals surface area (Å²) in [6.07, 6.45) is 1.50. The molecule has 6 amide bonds. The zero-order chi connectivity index (χ0) is 37.0. The van der Waals surface area contributed by atoms with Gasteiger partial charge in [0.05, 0.1) is 6.04 Å². The van der Waals surface area contributed by atoms with Gasteiger partial charge in [0.25, 0.3) is 0 Å². The third-order valence-electron chi connectivity index (χ3n) is 7.09. The van der Waals surface area contributed by atoms with Crippen molar-refractivity contribution in [3.63, 3.8) is 0 Å². The van der Waals surface area contributed by atoms with Crippen LogP contribution in [0.5, 0.6) is 0 Å². The predicted octanol–water partition coefficient (Wildman–Crippen LogP) is -3.49. The lowest BCUT2D eigenvalue weighted by Gasteiger charge is -2.25. The van der Waals surface area contributed by atoms with Gasteiger partial charge in [-0.25, -0.2) is 0 Å². The van der Waals surface area contributed by atoms with Gasteiger partial charge in [-0.3, -0.25) is 38.4 Å². The van der Waals surface area contributed by atoms with Gasteiger partial charge in [0.15, 0.2) is 0 Å². The van der Waals surface area contributed by atoms with Crippen LogP contribution in [0.25, 0.3) is 0 Å². The normalized spacial score (nSPS) is 15.2. The molecule has 0 spiro atoms. The van der Waals surface area contributed by atoms with Crippen LogP contribution in [0.3, 0.4) is 0 Å². The van der Waals surface area contributed by atoms with E-state index in [4.69, 9.17) is 27.4 Å². The Bertz CT molecular complexity index is 1120. The molecule has 0 aliphatic rings. The van der Waals surface area contributed by atoms with Gasteiger partial charge in [-0.05, 0) is 85.7 Å². The van der Waals surface area contributed by atoms with Crippen LogP contribution in [0.15, 0.2) is 0 Å². The average Bonchev–Trinajstić information content (AvgIpc) is 3.01. The fraction of sp³-hybridized carbons (Fsp3) is 0.724. The van der Waals surface area contributed by atoms with Gasteiger partial charge in [0.1, 0.15) is 36.3 Å². The Morgan fingerprint density at radius 3 is 1.19 bits per heavy atom.